The highest BCUT2D eigenvalue weighted by molar-refractivity contribution is 5.78. The van der Waals surface area contributed by atoms with Crippen LogP contribution in [0.2, 0.25) is 0 Å². The summed E-state index contributed by atoms with van der Waals surface area (Å²) in [6.45, 7) is 4.34. The molecule has 0 heterocycles. The van der Waals surface area contributed by atoms with Crippen molar-refractivity contribution in [2.75, 3.05) is 13.2 Å². The van der Waals surface area contributed by atoms with Crippen molar-refractivity contribution in [2.45, 2.75) is 39.2 Å². The maximum atomic E-state index is 11.3. The number of carbonyl (C=O) groups excluding carboxylic acids is 1. The summed E-state index contributed by atoms with van der Waals surface area (Å²) < 4.78 is 0. The van der Waals surface area contributed by atoms with Crippen molar-refractivity contribution in [1.29, 1.82) is 0 Å². The number of unbranched alkanes of at least 4 members (excludes halogenated alkanes) is 1. The molecule has 0 aromatic rings. The molecular weight excluding hydrogens is 180 g/mol. The monoisotopic (exact) mass is 202 g/mol. The van der Waals surface area contributed by atoms with Gasteiger partial charge in [-0.1, -0.05) is 20.3 Å². The molecule has 0 rings (SSSR count). The second kappa shape index (κ2) is 7.76. The van der Waals surface area contributed by atoms with E-state index in [0.29, 0.717) is 6.54 Å². The second-order valence-corrected chi connectivity index (χ2v) is 3.83. The number of hydrogen-bond acceptors (Lipinski definition) is 3. The molecular formula is C10H22N2O2. The Morgan fingerprint density at radius 3 is 2.50 bits per heavy atom. The average molecular weight is 202 g/mol. The minimum atomic E-state index is -0.114. The predicted octanol–water partition coefficient (Wildman–Crippen LogP) is 0.248. The van der Waals surface area contributed by atoms with E-state index in [1.165, 1.54) is 0 Å². The summed E-state index contributed by atoms with van der Waals surface area (Å²) in [4.78, 5) is 11.3. The van der Waals surface area contributed by atoms with E-state index in [4.69, 9.17) is 10.8 Å². The fourth-order valence-corrected chi connectivity index (χ4v) is 1.11. The van der Waals surface area contributed by atoms with Gasteiger partial charge in [0.05, 0.1) is 12.6 Å². The standard InChI is InChI=1S/C10H22N2O2/c1-8(2)10(14)12-9(7-13)5-3-4-6-11/h8-9,13H,3-7,11H2,1-2H3,(H,12,14). The molecule has 0 saturated heterocycles. The largest absolute Gasteiger partial charge is 0.394 e. The van der Waals surface area contributed by atoms with Crippen LogP contribution in [0.1, 0.15) is 33.1 Å². The molecule has 4 heteroatoms. The van der Waals surface area contributed by atoms with Gasteiger partial charge in [0, 0.05) is 5.92 Å². The van der Waals surface area contributed by atoms with Crippen LogP contribution in [0.15, 0.2) is 0 Å². The van der Waals surface area contributed by atoms with E-state index in [2.05, 4.69) is 5.32 Å². The van der Waals surface area contributed by atoms with Crippen molar-refractivity contribution in [3.63, 3.8) is 0 Å². The third-order valence-electron chi connectivity index (χ3n) is 2.10. The van der Waals surface area contributed by atoms with Crippen LogP contribution in [0, 0.1) is 5.92 Å². The molecule has 0 aliphatic rings. The van der Waals surface area contributed by atoms with Crippen LogP contribution in [0.4, 0.5) is 0 Å². The predicted molar refractivity (Wildman–Crippen MR) is 56.8 cm³/mol. The third kappa shape index (κ3) is 5.94. The highest BCUT2D eigenvalue weighted by Crippen LogP contribution is 2.01. The fourth-order valence-electron chi connectivity index (χ4n) is 1.11. The van der Waals surface area contributed by atoms with Gasteiger partial charge in [-0.2, -0.15) is 0 Å². The van der Waals surface area contributed by atoms with Crippen LogP contribution in [0.3, 0.4) is 0 Å². The van der Waals surface area contributed by atoms with Crippen molar-refractivity contribution < 1.29 is 9.90 Å². The molecule has 4 N–H and O–H groups in total. The first-order valence-corrected chi connectivity index (χ1v) is 5.23. The van der Waals surface area contributed by atoms with E-state index < -0.39 is 0 Å². The summed E-state index contributed by atoms with van der Waals surface area (Å²) in [6, 6.07) is -0.114. The van der Waals surface area contributed by atoms with Gasteiger partial charge in [0.2, 0.25) is 5.91 Å². The molecule has 1 unspecified atom stereocenters. The molecule has 1 amide bonds. The zero-order valence-electron chi connectivity index (χ0n) is 9.12. The number of nitrogens with one attached hydrogen (secondary N) is 1. The van der Waals surface area contributed by atoms with Gasteiger partial charge >= 0.3 is 0 Å². The topological polar surface area (TPSA) is 75.3 Å². The molecule has 0 aromatic heterocycles. The van der Waals surface area contributed by atoms with E-state index in [9.17, 15) is 4.79 Å². The first kappa shape index (κ1) is 13.4. The van der Waals surface area contributed by atoms with E-state index in [0.717, 1.165) is 19.3 Å². The molecule has 0 bridgehead atoms. The zero-order chi connectivity index (χ0) is 11.0. The van der Waals surface area contributed by atoms with Crippen LogP contribution < -0.4 is 11.1 Å². The molecule has 0 aliphatic heterocycles. The van der Waals surface area contributed by atoms with Crippen LogP contribution in [-0.2, 0) is 4.79 Å². The van der Waals surface area contributed by atoms with E-state index in [1.54, 1.807) is 0 Å². The van der Waals surface area contributed by atoms with Gasteiger partial charge in [-0.3, -0.25) is 4.79 Å². The molecule has 0 fully saturated rings. The van der Waals surface area contributed by atoms with Crippen LogP contribution in [0.25, 0.3) is 0 Å². The lowest BCUT2D eigenvalue weighted by atomic mass is 10.1. The van der Waals surface area contributed by atoms with E-state index in [1.807, 2.05) is 13.8 Å². The van der Waals surface area contributed by atoms with Gasteiger partial charge in [0.15, 0.2) is 0 Å². The Kier molecular flexibility index (Phi) is 7.42. The SMILES string of the molecule is CC(C)C(=O)NC(CO)CCCCN. The Morgan fingerprint density at radius 2 is 2.07 bits per heavy atom. The average Bonchev–Trinajstić information content (AvgIpc) is 2.16. The first-order chi connectivity index (χ1) is 6.61. The maximum absolute atomic E-state index is 11.3. The van der Waals surface area contributed by atoms with Gasteiger partial charge in [0.1, 0.15) is 0 Å². The molecule has 0 aromatic carbocycles. The Morgan fingerprint density at radius 1 is 1.43 bits per heavy atom. The molecule has 4 nitrogen and oxygen atoms in total. The number of carbonyl (C=O) groups is 1. The lowest BCUT2D eigenvalue weighted by Gasteiger charge is -2.17. The number of amides is 1. The Labute approximate surface area is 85.9 Å². The molecule has 14 heavy (non-hydrogen) atoms. The lowest BCUT2D eigenvalue weighted by molar-refractivity contribution is -0.125. The minimum absolute atomic E-state index is 0.00296. The van der Waals surface area contributed by atoms with E-state index in [-0.39, 0.29) is 24.5 Å². The summed E-state index contributed by atoms with van der Waals surface area (Å²) >= 11 is 0. The third-order valence-corrected chi connectivity index (χ3v) is 2.10. The normalized spacial score (nSPS) is 12.9. The summed E-state index contributed by atoms with van der Waals surface area (Å²) in [5, 5.41) is 11.8. The maximum Gasteiger partial charge on any atom is 0.222 e. The summed E-state index contributed by atoms with van der Waals surface area (Å²) in [7, 11) is 0. The number of aliphatic hydroxyl groups excluding tert-OH is 1. The van der Waals surface area contributed by atoms with Crippen molar-refractivity contribution >= 4 is 5.91 Å². The summed E-state index contributed by atoms with van der Waals surface area (Å²) in [5.41, 5.74) is 5.36. The van der Waals surface area contributed by atoms with Crippen molar-refractivity contribution in [3.05, 3.63) is 0 Å². The Hall–Kier alpha value is -0.610. The lowest BCUT2D eigenvalue weighted by Crippen LogP contribution is -2.39. The molecule has 0 saturated carbocycles. The van der Waals surface area contributed by atoms with Crippen LogP contribution in [-0.4, -0.2) is 30.2 Å². The molecule has 84 valence electrons. The molecule has 0 aliphatic carbocycles. The number of nitrogens with two attached hydrogens (primary N) is 1. The fraction of sp³-hybridized carbons (Fsp3) is 0.900. The number of rotatable bonds is 7. The molecule has 1 atom stereocenters. The minimum Gasteiger partial charge on any atom is -0.394 e. The van der Waals surface area contributed by atoms with Crippen molar-refractivity contribution in [3.8, 4) is 0 Å². The van der Waals surface area contributed by atoms with Gasteiger partial charge in [-0.05, 0) is 19.4 Å². The van der Waals surface area contributed by atoms with Crippen LogP contribution in [0.5, 0.6) is 0 Å². The summed E-state index contributed by atoms with van der Waals surface area (Å²) in [5.74, 6) is -0.0321. The zero-order valence-corrected chi connectivity index (χ0v) is 9.12. The second-order valence-electron chi connectivity index (χ2n) is 3.83. The first-order valence-electron chi connectivity index (χ1n) is 5.23. The number of aliphatic hydroxyl groups is 1. The Balaban J connectivity index is 3.73. The molecule has 0 spiro atoms. The van der Waals surface area contributed by atoms with Gasteiger partial charge in [0.25, 0.3) is 0 Å². The Bertz CT molecular complexity index is 160. The highest BCUT2D eigenvalue weighted by Gasteiger charge is 2.13. The van der Waals surface area contributed by atoms with Gasteiger partial charge < -0.3 is 16.2 Å². The van der Waals surface area contributed by atoms with Crippen molar-refractivity contribution in [2.24, 2.45) is 11.7 Å². The number of hydrogen-bond donors (Lipinski definition) is 3. The summed E-state index contributed by atoms with van der Waals surface area (Å²) in [6.07, 6.45) is 2.68. The van der Waals surface area contributed by atoms with Gasteiger partial charge in [-0.15, -0.1) is 0 Å². The van der Waals surface area contributed by atoms with Crippen LogP contribution >= 0.6 is 0 Å². The van der Waals surface area contributed by atoms with E-state index >= 15 is 0 Å². The highest BCUT2D eigenvalue weighted by atomic mass is 16.3. The van der Waals surface area contributed by atoms with Crippen molar-refractivity contribution in [1.82, 2.24) is 5.32 Å². The smallest absolute Gasteiger partial charge is 0.222 e. The quantitative estimate of drug-likeness (QED) is 0.518. The van der Waals surface area contributed by atoms with Gasteiger partial charge in [-0.25, -0.2) is 0 Å². The molecule has 0 radical (unpaired) electrons.